The third-order valence-corrected chi connectivity index (χ3v) is 3.67. The van der Waals surface area contributed by atoms with Gasteiger partial charge in [0, 0.05) is 22.4 Å². The zero-order valence-corrected chi connectivity index (χ0v) is 11.5. The number of fused-ring (bicyclic) bond motifs is 1. The highest BCUT2D eigenvalue weighted by atomic mass is 35.5. The minimum absolute atomic E-state index is 0.0750. The highest BCUT2D eigenvalue weighted by Gasteiger charge is 2.17. The zero-order chi connectivity index (χ0) is 13.4. The Morgan fingerprint density at radius 3 is 2.79 bits per heavy atom. The second kappa shape index (κ2) is 4.83. The largest absolute Gasteiger partial charge is 0.383 e. The number of allylic oxidation sites excluding steroid dienone is 4. The van der Waals surface area contributed by atoms with Gasteiger partial charge in [-0.3, -0.25) is 0 Å². The minimum atomic E-state index is -0.0750. The van der Waals surface area contributed by atoms with Crippen LogP contribution < -0.4 is 5.73 Å². The van der Waals surface area contributed by atoms with Crippen LogP contribution in [0.4, 0.5) is 5.82 Å². The predicted octanol–water partition coefficient (Wildman–Crippen LogP) is 3.73. The van der Waals surface area contributed by atoms with Gasteiger partial charge < -0.3 is 5.73 Å². The average molecular weight is 292 g/mol. The van der Waals surface area contributed by atoms with Gasteiger partial charge in [0.25, 0.3) is 0 Å². The first-order valence-corrected chi connectivity index (χ1v) is 6.70. The van der Waals surface area contributed by atoms with Crippen molar-refractivity contribution in [1.82, 2.24) is 9.97 Å². The lowest BCUT2D eigenvalue weighted by atomic mass is 10.1. The fraction of sp³-hybridized carbons (Fsp3) is 0.143. The van der Waals surface area contributed by atoms with Gasteiger partial charge in [0.1, 0.15) is 5.82 Å². The van der Waals surface area contributed by atoms with Crippen molar-refractivity contribution < 1.29 is 0 Å². The Labute approximate surface area is 120 Å². The van der Waals surface area contributed by atoms with E-state index >= 15 is 0 Å². The quantitative estimate of drug-likeness (QED) is 0.815. The van der Waals surface area contributed by atoms with Gasteiger partial charge in [-0.2, -0.15) is 0 Å². The third-order valence-electron chi connectivity index (χ3n) is 3.01. The number of anilines is 1. The predicted molar refractivity (Wildman–Crippen MR) is 80.1 cm³/mol. The van der Waals surface area contributed by atoms with E-state index < -0.39 is 0 Å². The fourth-order valence-electron chi connectivity index (χ4n) is 2.06. The molecule has 0 radical (unpaired) electrons. The smallest absolute Gasteiger partial charge is 0.163 e. The van der Waals surface area contributed by atoms with Crippen molar-refractivity contribution in [1.29, 1.82) is 0 Å². The maximum absolute atomic E-state index is 6.24. The molecule has 3 nitrogen and oxygen atoms in total. The van der Waals surface area contributed by atoms with Crippen LogP contribution in [0.2, 0.25) is 0 Å². The summed E-state index contributed by atoms with van der Waals surface area (Å²) >= 11 is 12.3. The van der Waals surface area contributed by atoms with Crippen LogP contribution in [-0.4, -0.2) is 15.3 Å². The summed E-state index contributed by atoms with van der Waals surface area (Å²) in [6.07, 6.45) is 4.33. The molecule has 0 aliphatic heterocycles. The molecule has 0 amide bonds. The molecule has 0 saturated carbocycles. The molecule has 19 heavy (non-hydrogen) atoms. The fourth-order valence-corrected chi connectivity index (χ4v) is 2.68. The molecule has 5 heteroatoms. The number of hydrogen-bond acceptors (Lipinski definition) is 3. The van der Waals surface area contributed by atoms with Crippen LogP contribution >= 0.6 is 23.2 Å². The summed E-state index contributed by atoms with van der Waals surface area (Å²) in [5, 5.41) is 1.43. The third kappa shape index (κ3) is 2.31. The summed E-state index contributed by atoms with van der Waals surface area (Å²) < 4.78 is 0. The highest BCUT2D eigenvalue weighted by Crippen LogP contribution is 2.31. The lowest BCUT2D eigenvalue weighted by molar-refractivity contribution is 1.02. The van der Waals surface area contributed by atoms with Crippen LogP contribution in [0.25, 0.3) is 16.5 Å². The van der Waals surface area contributed by atoms with E-state index in [2.05, 4.69) is 9.97 Å². The number of nitrogens with zero attached hydrogens (tertiary/aromatic N) is 2. The van der Waals surface area contributed by atoms with Gasteiger partial charge >= 0.3 is 0 Å². The van der Waals surface area contributed by atoms with Crippen molar-refractivity contribution in [2.45, 2.75) is 11.8 Å². The molecule has 1 aromatic heterocycles. The maximum atomic E-state index is 6.24. The van der Waals surface area contributed by atoms with Crippen molar-refractivity contribution in [3.63, 3.8) is 0 Å². The first-order chi connectivity index (χ1) is 9.15. The summed E-state index contributed by atoms with van der Waals surface area (Å²) in [5.41, 5.74) is 7.57. The van der Waals surface area contributed by atoms with Crippen LogP contribution in [0.3, 0.4) is 0 Å². The van der Waals surface area contributed by atoms with Gasteiger partial charge in [0.05, 0.1) is 10.9 Å². The van der Waals surface area contributed by atoms with Crippen LogP contribution in [0, 0.1) is 0 Å². The highest BCUT2D eigenvalue weighted by molar-refractivity contribution is 6.34. The Balaban J connectivity index is 2.17. The summed E-state index contributed by atoms with van der Waals surface area (Å²) in [7, 11) is 0. The Bertz CT molecular complexity index is 707. The molecule has 1 atom stereocenters. The maximum Gasteiger partial charge on any atom is 0.163 e. The number of rotatable bonds is 1. The van der Waals surface area contributed by atoms with E-state index in [9.17, 15) is 0 Å². The molecular weight excluding hydrogens is 281 g/mol. The van der Waals surface area contributed by atoms with E-state index in [4.69, 9.17) is 28.9 Å². The van der Waals surface area contributed by atoms with E-state index in [1.54, 1.807) is 0 Å². The van der Waals surface area contributed by atoms with Gasteiger partial charge in [0.2, 0.25) is 0 Å². The SMILES string of the molecule is Nc1nc(C2=C(Cl)CC(Cl)C=C2)nc2ccccc12. The van der Waals surface area contributed by atoms with E-state index in [-0.39, 0.29) is 5.38 Å². The molecule has 1 unspecified atom stereocenters. The Kier molecular flexibility index (Phi) is 3.17. The van der Waals surface area contributed by atoms with Crippen molar-refractivity contribution in [3.8, 4) is 0 Å². The summed E-state index contributed by atoms with van der Waals surface area (Å²) in [4.78, 5) is 8.84. The second-order valence-electron chi connectivity index (χ2n) is 4.35. The lowest BCUT2D eigenvalue weighted by Crippen LogP contribution is -2.05. The summed E-state index contributed by atoms with van der Waals surface area (Å²) in [6.45, 7) is 0. The van der Waals surface area contributed by atoms with Crippen LogP contribution in [0.5, 0.6) is 0 Å². The van der Waals surface area contributed by atoms with Crippen LogP contribution in [0.15, 0.2) is 41.4 Å². The standard InChI is InChI=1S/C14H11Cl2N3/c15-8-5-6-9(11(16)7-8)14-18-12-4-2-1-3-10(12)13(17)19-14/h1-6,8H,7H2,(H2,17,18,19). The van der Waals surface area contributed by atoms with Gasteiger partial charge in [-0.1, -0.05) is 35.9 Å². The molecule has 96 valence electrons. The van der Waals surface area contributed by atoms with E-state index in [0.717, 1.165) is 16.5 Å². The van der Waals surface area contributed by atoms with Gasteiger partial charge in [-0.15, -0.1) is 11.6 Å². The normalized spacial score (nSPS) is 19.2. The molecule has 2 N–H and O–H groups in total. The molecular formula is C14H11Cl2N3. The molecule has 0 spiro atoms. The zero-order valence-electron chi connectivity index (χ0n) is 9.98. The van der Waals surface area contributed by atoms with Crippen molar-refractivity contribution in [3.05, 3.63) is 47.3 Å². The first kappa shape index (κ1) is 12.5. The monoisotopic (exact) mass is 291 g/mol. The number of hydrogen-bond donors (Lipinski definition) is 1. The molecule has 1 aliphatic rings. The van der Waals surface area contributed by atoms with Crippen LogP contribution in [0.1, 0.15) is 12.2 Å². The molecule has 0 fully saturated rings. The Morgan fingerprint density at radius 1 is 1.21 bits per heavy atom. The van der Waals surface area contributed by atoms with E-state index in [0.29, 0.717) is 23.1 Å². The number of halogens is 2. The van der Waals surface area contributed by atoms with E-state index in [1.165, 1.54) is 0 Å². The summed E-state index contributed by atoms with van der Waals surface area (Å²) in [5.74, 6) is 1.000. The van der Waals surface area contributed by atoms with Gasteiger partial charge in [-0.25, -0.2) is 9.97 Å². The van der Waals surface area contributed by atoms with Gasteiger partial charge in [0.15, 0.2) is 5.82 Å². The molecule has 1 aromatic carbocycles. The Hall–Kier alpha value is -1.58. The topological polar surface area (TPSA) is 51.8 Å². The number of para-hydroxylation sites is 1. The second-order valence-corrected chi connectivity index (χ2v) is 5.36. The minimum Gasteiger partial charge on any atom is -0.383 e. The molecule has 1 heterocycles. The molecule has 1 aliphatic carbocycles. The molecule has 3 rings (SSSR count). The number of aromatic nitrogens is 2. The Morgan fingerprint density at radius 2 is 2.00 bits per heavy atom. The van der Waals surface area contributed by atoms with Crippen molar-refractivity contribution >= 4 is 45.5 Å². The van der Waals surface area contributed by atoms with Crippen molar-refractivity contribution in [2.24, 2.45) is 0 Å². The number of benzene rings is 1. The molecule has 0 bridgehead atoms. The number of nitrogens with two attached hydrogens (primary N) is 1. The first-order valence-electron chi connectivity index (χ1n) is 5.88. The molecule has 0 saturated heterocycles. The molecule has 2 aromatic rings. The van der Waals surface area contributed by atoms with E-state index in [1.807, 2.05) is 36.4 Å². The van der Waals surface area contributed by atoms with Crippen LogP contribution in [-0.2, 0) is 0 Å². The average Bonchev–Trinajstić information content (AvgIpc) is 2.38. The van der Waals surface area contributed by atoms with Crippen molar-refractivity contribution in [2.75, 3.05) is 5.73 Å². The number of alkyl halides is 1. The van der Waals surface area contributed by atoms with Gasteiger partial charge in [-0.05, 0) is 12.1 Å². The number of nitrogen functional groups attached to an aromatic ring is 1. The summed E-state index contributed by atoms with van der Waals surface area (Å²) in [6, 6.07) is 7.63. The lowest BCUT2D eigenvalue weighted by Gasteiger charge is -2.14.